The molecule has 0 aliphatic heterocycles. The molecular formula is C10H8N4O4S. The average molecular weight is 280 g/mol. The van der Waals surface area contributed by atoms with E-state index in [1.54, 1.807) is 12.1 Å². The van der Waals surface area contributed by atoms with Crippen LogP contribution < -0.4 is 10.7 Å². The van der Waals surface area contributed by atoms with Crippen LogP contribution in [-0.2, 0) is 0 Å². The van der Waals surface area contributed by atoms with Crippen molar-refractivity contribution in [2.75, 3.05) is 5.32 Å². The summed E-state index contributed by atoms with van der Waals surface area (Å²) in [5, 5.41) is 19.0. The van der Waals surface area contributed by atoms with Crippen molar-refractivity contribution in [1.29, 1.82) is 0 Å². The van der Waals surface area contributed by atoms with Gasteiger partial charge in [0.05, 0.1) is 17.3 Å². The fraction of sp³-hybridized carbons (Fsp3) is 0. The number of hydrogen-bond acceptors (Lipinski definition) is 6. The van der Waals surface area contributed by atoms with Crippen LogP contribution in [0.2, 0.25) is 0 Å². The Morgan fingerprint density at radius 3 is 2.95 bits per heavy atom. The van der Waals surface area contributed by atoms with E-state index < -0.39 is 11.0 Å². The SMILES string of the molecule is O=C(N/N=C\c1ccc([N+](=O)[O-])o1)Nc1cccs1. The van der Waals surface area contributed by atoms with Crippen LogP contribution in [0.3, 0.4) is 0 Å². The van der Waals surface area contributed by atoms with Gasteiger partial charge in [0, 0.05) is 0 Å². The zero-order valence-corrected chi connectivity index (χ0v) is 10.2. The van der Waals surface area contributed by atoms with Gasteiger partial charge in [0.2, 0.25) is 0 Å². The average Bonchev–Trinajstić information content (AvgIpc) is 3.00. The number of hydrogen-bond donors (Lipinski definition) is 2. The number of urea groups is 1. The van der Waals surface area contributed by atoms with Crippen LogP contribution >= 0.6 is 11.3 Å². The number of amides is 2. The standard InChI is InChI=1S/C10H8N4O4S/c15-10(12-8-2-1-5-19-8)13-11-6-7-3-4-9(18-7)14(16)17/h1-6H,(H2,12,13,15)/b11-6-. The monoisotopic (exact) mass is 280 g/mol. The van der Waals surface area contributed by atoms with Crippen molar-refractivity contribution >= 4 is 34.5 Å². The first-order chi connectivity index (χ1) is 9.15. The molecule has 2 N–H and O–H groups in total. The lowest BCUT2D eigenvalue weighted by Gasteiger charge is -1.99. The summed E-state index contributed by atoms with van der Waals surface area (Å²) < 4.78 is 4.81. The molecule has 98 valence electrons. The molecule has 0 atom stereocenters. The van der Waals surface area contributed by atoms with Crippen molar-refractivity contribution in [2.45, 2.75) is 0 Å². The van der Waals surface area contributed by atoms with Gasteiger partial charge < -0.3 is 4.42 Å². The van der Waals surface area contributed by atoms with Gasteiger partial charge in [-0.15, -0.1) is 11.3 Å². The van der Waals surface area contributed by atoms with Crippen LogP contribution in [-0.4, -0.2) is 17.2 Å². The van der Waals surface area contributed by atoms with E-state index in [2.05, 4.69) is 15.8 Å². The van der Waals surface area contributed by atoms with Gasteiger partial charge in [-0.3, -0.25) is 15.4 Å². The number of nitrogens with one attached hydrogen (secondary N) is 2. The Kier molecular flexibility index (Phi) is 3.88. The molecular weight excluding hydrogens is 272 g/mol. The number of nitrogens with zero attached hydrogens (tertiary/aromatic N) is 2. The first kappa shape index (κ1) is 12.8. The second kappa shape index (κ2) is 5.78. The molecule has 0 bridgehead atoms. The Bertz CT molecular complexity index is 605. The Morgan fingerprint density at radius 2 is 2.32 bits per heavy atom. The van der Waals surface area contributed by atoms with Gasteiger partial charge in [-0.1, -0.05) is 0 Å². The first-order valence-electron chi connectivity index (χ1n) is 5.03. The van der Waals surface area contributed by atoms with Gasteiger partial charge in [0.1, 0.15) is 4.92 Å². The maximum absolute atomic E-state index is 11.3. The number of furan rings is 1. The Balaban J connectivity index is 1.85. The molecule has 0 saturated carbocycles. The summed E-state index contributed by atoms with van der Waals surface area (Å²) in [4.78, 5) is 21.1. The maximum Gasteiger partial charge on any atom is 0.433 e. The maximum atomic E-state index is 11.3. The van der Waals surface area contributed by atoms with Gasteiger partial charge in [0.15, 0.2) is 5.76 Å². The molecule has 0 radical (unpaired) electrons. The van der Waals surface area contributed by atoms with Crippen LogP contribution in [0, 0.1) is 10.1 Å². The lowest BCUT2D eigenvalue weighted by Crippen LogP contribution is -2.23. The van der Waals surface area contributed by atoms with Crippen molar-refractivity contribution in [1.82, 2.24) is 5.43 Å². The highest BCUT2D eigenvalue weighted by Crippen LogP contribution is 2.15. The molecule has 9 heteroatoms. The van der Waals surface area contributed by atoms with Crippen LogP contribution in [0.15, 0.2) is 39.2 Å². The Hall–Kier alpha value is -2.68. The third-order valence-corrected chi connectivity index (χ3v) is 2.69. The molecule has 0 spiro atoms. The number of rotatable bonds is 4. The highest BCUT2D eigenvalue weighted by Gasteiger charge is 2.10. The second-order valence-corrected chi connectivity index (χ2v) is 4.18. The van der Waals surface area contributed by atoms with E-state index in [1.807, 2.05) is 5.38 Å². The van der Waals surface area contributed by atoms with E-state index >= 15 is 0 Å². The number of carbonyl (C=O) groups is 1. The first-order valence-corrected chi connectivity index (χ1v) is 5.91. The van der Waals surface area contributed by atoms with Crippen molar-refractivity contribution in [2.24, 2.45) is 5.10 Å². The van der Waals surface area contributed by atoms with E-state index in [0.29, 0.717) is 5.00 Å². The molecule has 2 rings (SSSR count). The van der Waals surface area contributed by atoms with E-state index in [0.717, 1.165) is 0 Å². The number of nitro groups is 1. The minimum absolute atomic E-state index is 0.170. The molecule has 2 heterocycles. The summed E-state index contributed by atoms with van der Waals surface area (Å²) in [6, 6.07) is 5.60. The third-order valence-electron chi connectivity index (χ3n) is 1.91. The Morgan fingerprint density at radius 1 is 1.47 bits per heavy atom. The second-order valence-electron chi connectivity index (χ2n) is 3.23. The van der Waals surface area contributed by atoms with Crippen LogP contribution in [0.4, 0.5) is 15.7 Å². The Labute approximate surface area is 110 Å². The molecule has 0 fully saturated rings. The smallest absolute Gasteiger partial charge is 0.400 e. The van der Waals surface area contributed by atoms with Crippen molar-refractivity contribution < 1.29 is 14.1 Å². The lowest BCUT2D eigenvalue weighted by molar-refractivity contribution is -0.402. The molecule has 0 aliphatic rings. The molecule has 0 aliphatic carbocycles. The zero-order chi connectivity index (χ0) is 13.7. The summed E-state index contributed by atoms with van der Waals surface area (Å²) in [5.74, 6) is -0.215. The predicted molar refractivity (Wildman–Crippen MR) is 69.4 cm³/mol. The fourth-order valence-electron chi connectivity index (χ4n) is 1.15. The van der Waals surface area contributed by atoms with Crippen molar-refractivity contribution in [3.63, 3.8) is 0 Å². The normalized spacial score (nSPS) is 10.5. The molecule has 2 aromatic rings. The molecule has 2 aromatic heterocycles. The van der Waals surface area contributed by atoms with Crippen LogP contribution in [0.1, 0.15) is 5.76 Å². The largest absolute Gasteiger partial charge is 0.433 e. The van der Waals surface area contributed by atoms with Gasteiger partial charge in [-0.2, -0.15) is 5.10 Å². The van der Waals surface area contributed by atoms with Crippen molar-refractivity contribution in [3.05, 3.63) is 45.5 Å². The summed E-state index contributed by atoms with van der Waals surface area (Å²) >= 11 is 1.37. The van der Waals surface area contributed by atoms with E-state index in [-0.39, 0.29) is 11.6 Å². The highest BCUT2D eigenvalue weighted by atomic mass is 32.1. The van der Waals surface area contributed by atoms with Gasteiger partial charge in [-0.05, 0) is 23.6 Å². The topological polar surface area (TPSA) is 110 Å². The van der Waals surface area contributed by atoms with E-state index in [4.69, 9.17) is 4.42 Å². The summed E-state index contributed by atoms with van der Waals surface area (Å²) in [6.07, 6.45) is 1.17. The molecule has 8 nitrogen and oxygen atoms in total. The van der Waals surface area contributed by atoms with Crippen molar-refractivity contribution in [3.8, 4) is 0 Å². The van der Waals surface area contributed by atoms with Gasteiger partial charge in [0.25, 0.3) is 0 Å². The number of anilines is 1. The van der Waals surface area contributed by atoms with Crippen LogP contribution in [0.25, 0.3) is 0 Å². The molecule has 19 heavy (non-hydrogen) atoms. The molecule has 0 unspecified atom stereocenters. The highest BCUT2D eigenvalue weighted by molar-refractivity contribution is 7.14. The summed E-state index contributed by atoms with van der Waals surface area (Å²) in [6.45, 7) is 0. The minimum Gasteiger partial charge on any atom is -0.400 e. The summed E-state index contributed by atoms with van der Waals surface area (Å²) in [7, 11) is 0. The molecule has 0 saturated heterocycles. The van der Waals surface area contributed by atoms with Gasteiger partial charge in [-0.25, -0.2) is 10.2 Å². The lowest BCUT2D eigenvalue weighted by atomic mass is 10.5. The number of carbonyl (C=O) groups excluding carboxylic acids is 1. The summed E-state index contributed by atoms with van der Waals surface area (Å²) in [5.41, 5.74) is 2.20. The third kappa shape index (κ3) is 3.64. The molecule has 0 aromatic carbocycles. The van der Waals surface area contributed by atoms with E-state index in [9.17, 15) is 14.9 Å². The molecule has 2 amide bonds. The fourth-order valence-corrected chi connectivity index (χ4v) is 1.77. The predicted octanol–water partition coefficient (Wildman–Crippen LogP) is 2.40. The van der Waals surface area contributed by atoms with Gasteiger partial charge >= 0.3 is 11.9 Å². The zero-order valence-electron chi connectivity index (χ0n) is 9.40. The van der Waals surface area contributed by atoms with Crippen LogP contribution in [0.5, 0.6) is 0 Å². The quantitative estimate of drug-likeness (QED) is 0.509. The number of hydrazone groups is 1. The number of thiophene rings is 1. The van der Waals surface area contributed by atoms with E-state index in [1.165, 1.54) is 29.7 Å². The minimum atomic E-state index is -0.658.